The van der Waals surface area contributed by atoms with E-state index in [0.29, 0.717) is 11.3 Å². The lowest BCUT2D eigenvalue weighted by atomic mass is 10.1. The Morgan fingerprint density at radius 1 is 1.17 bits per heavy atom. The number of benzene rings is 2. The maximum Gasteiger partial charge on any atom is 0.250 e. The van der Waals surface area contributed by atoms with Crippen LogP contribution >= 0.6 is 27.7 Å². The monoisotopic (exact) mass is 392 g/mol. The molecule has 0 aliphatic rings. The highest BCUT2D eigenvalue weighted by Crippen LogP contribution is 2.28. The van der Waals surface area contributed by atoms with Crippen LogP contribution in [0, 0.1) is 13.8 Å². The molecule has 2 amide bonds. The number of para-hydroxylation sites is 1. The average molecular weight is 393 g/mol. The number of rotatable bonds is 5. The second-order valence-corrected chi connectivity index (χ2v) is 6.99. The standard InChI is InChI=1S/C17H17BrN2O2S/c1-10-8-15(11(2)7-13(10)18)23-9-16(21)20-14-6-4-3-5-12(14)17(19)22/h3-8H,9H2,1-2H3,(H2,19,22)(H,20,21). The molecule has 0 aliphatic carbocycles. The highest BCUT2D eigenvalue weighted by Gasteiger charge is 2.11. The number of amides is 2. The number of thioether (sulfide) groups is 1. The van der Waals surface area contributed by atoms with Crippen molar-refractivity contribution in [2.45, 2.75) is 18.7 Å². The molecule has 0 saturated heterocycles. The minimum Gasteiger partial charge on any atom is -0.366 e. The van der Waals surface area contributed by atoms with Crippen LogP contribution in [-0.4, -0.2) is 17.6 Å². The maximum atomic E-state index is 12.1. The van der Waals surface area contributed by atoms with E-state index in [1.54, 1.807) is 24.3 Å². The van der Waals surface area contributed by atoms with Crippen LogP contribution < -0.4 is 11.1 Å². The SMILES string of the molecule is Cc1cc(SCC(=O)Nc2ccccc2C(N)=O)c(C)cc1Br. The summed E-state index contributed by atoms with van der Waals surface area (Å²) >= 11 is 4.96. The number of carbonyl (C=O) groups excluding carboxylic acids is 2. The van der Waals surface area contributed by atoms with E-state index in [2.05, 4.69) is 27.3 Å². The Morgan fingerprint density at radius 2 is 1.87 bits per heavy atom. The predicted molar refractivity (Wildman–Crippen MR) is 97.9 cm³/mol. The molecule has 0 atom stereocenters. The molecule has 0 saturated carbocycles. The van der Waals surface area contributed by atoms with Crippen molar-refractivity contribution in [3.63, 3.8) is 0 Å². The van der Waals surface area contributed by atoms with Crippen molar-refractivity contribution in [1.82, 2.24) is 0 Å². The predicted octanol–water partition coefficient (Wildman–Crippen LogP) is 3.90. The first-order chi connectivity index (χ1) is 10.9. The summed E-state index contributed by atoms with van der Waals surface area (Å²) in [5.74, 6) is -0.480. The fraction of sp³-hybridized carbons (Fsp3) is 0.176. The molecule has 2 rings (SSSR count). The van der Waals surface area contributed by atoms with Crippen molar-refractivity contribution < 1.29 is 9.59 Å². The van der Waals surface area contributed by atoms with Gasteiger partial charge in [0.05, 0.1) is 17.0 Å². The van der Waals surface area contributed by atoms with Gasteiger partial charge in [0.25, 0.3) is 5.91 Å². The number of hydrogen-bond donors (Lipinski definition) is 2. The maximum absolute atomic E-state index is 12.1. The van der Waals surface area contributed by atoms with Crippen molar-refractivity contribution in [1.29, 1.82) is 0 Å². The van der Waals surface area contributed by atoms with Crippen LogP contribution in [0.5, 0.6) is 0 Å². The van der Waals surface area contributed by atoms with Gasteiger partial charge in [-0.3, -0.25) is 9.59 Å². The third-order valence-electron chi connectivity index (χ3n) is 3.28. The van der Waals surface area contributed by atoms with E-state index in [1.807, 2.05) is 19.9 Å². The van der Waals surface area contributed by atoms with E-state index in [-0.39, 0.29) is 11.7 Å². The highest BCUT2D eigenvalue weighted by atomic mass is 79.9. The molecular weight excluding hydrogens is 376 g/mol. The normalized spacial score (nSPS) is 10.4. The van der Waals surface area contributed by atoms with Gasteiger partial charge in [-0.05, 0) is 49.2 Å². The van der Waals surface area contributed by atoms with Gasteiger partial charge in [-0.2, -0.15) is 0 Å². The number of anilines is 1. The molecule has 0 unspecified atom stereocenters. The zero-order valence-corrected chi connectivity index (χ0v) is 15.3. The molecule has 0 aromatic heterocycles. The molecule has 4 nitrogen and oxygen atoms in total. The molecule has 2 aromatic carbocycles. The lowest BCUT2D eigenvalue weighted by Gasteiger charge is -2.10. The van der Waals surface area contributed by atoms with Gasteiger partial charge in [-0.1, -0.05) is 28.1 Å². The van der Waals surface area contributed by atoms with Gasteiger partial charge >= 0.3 is 0 Å². The summed E-state index contributed by atoms with van der Waals surface area (Å²) in [7, 11) is 0. The molecule has 120 valence electrons. The quantitative estimate of drug-likeness (QED) is 0.757. The molecule has 0 radical (unpaired) electrons. The molecule has 0 bridgehead atoms. The zero-order chi connectivity index (χ0) is 17.0. The fourth-order valence-corrected chi connectivity index (χ4v) is 3.41. The van der Waals surface area contributed by atoms with E-state index in [4.69, 9.17) is 5.73 Å². The summed E-state index contributed by atoms with van der Waals surface area (Å²) < 4.78 is 1.05. The topological polar surface area (TPSA) is 72.2 Å². The lowest BCUT2D eigenvalue weighted by Crippen LogP contribution is -2.19. The zero-order valence-electron chi connectivity index (χ0n) is 12.9. The summed E-state index contributed by atoms with van der Waals surface area (Å²) in [6.45, 7) is 4.02. The van der Waals surface area contributed by atoms with E-state index in [0.717, 1.165) is 20.5 Å². The van der Waals surface area contributed by atoms with Crippen molar-refractivity contribution in [2.75, 3.05) is 11.1 Å². The first kappa shape index (κ1) is 17.6. The van der Waals surface area contributed by atoms with Gasteiger partial charge in [0.1, 0.15) is 0 Å². The van der Waals surface area contributed by atoms with Crippen molar-refractivity contribution in [2.24, 2.45) is 5.73 Å². The molecule has 2 aromatic rings. The Balaban J connectivity index is 2.04. The van der Waals surface area contributed by atoms with Crippen LogP contribution in [0.15, 0.2) is 45.8 Å². The summed E-state index contributed by atoms with van der Waals surface area (Å²) in [6.07, 6.45) is 0. The Morgan fingerprint density at radius 3 is 2.57 bits per heavy atom. The van der Waals surface area contributed by atoms with E-state index >= 15 is 0 Å². The largest absolute Gasteiger partial charge is 0.366 e. The first-order valence-electron chi connectivity index (χ1n) is 6.96. The van der Waals surface area contributed by atoms with Crippen LogP contribution in [-0.2, 0) is 4.79 Å². The van der Waals surface area contributed by atoms with Crippen molar-refractivity contribution >= 4 is 45.2 Å². The van der Waals surface area contributed by atoms with Crippen molar-refractivity contribution in [3.05, 3.63) is 57.6 Å². The second-order valence-electron chi connectivity index (χ2n) is 5.11. The number of hydrogen-bond acceptors (Lipinski definition) is 3. The van der Waals surface area contributed by atoms with E-state index in [9.17, 15) is 9.59 Å². The number of aryl methyl sites for hydroxylation is 2. The Kier molecular flexibility index (Phi) is 5.85. The second kappa shape index (κ2) is 7.66. The smallest absolute Gasteiger partial charge is 0.250 e. The summed E-state index contributed by atoms with van der Waals surface area (Å²) in [6, 6.07) is 10.8. The molecule has 23 heavy (non-hydrogen) atoms. The fourth-order valence-electron chi connectivity index (χ4n) is 2.05. The molecular formula is C17H17BrN2O2S. The minimum absolute atomic E-state index is 0.177. The van der Waals surface area contributed by atoms with Gasteiger partial charge < -0.3 is 11.1 Å². The Bertz CT molecular complexity index is 762. The molecule has 3 N–H and O–H groups in total. The number of carbonyl (C=O) groups is 2. The van der Waals surface area contributed by atoms with Gasteiger partial charge in [-0.15, -0.1) is 11.8 Å². The van der Waals surface area contributed by atoms with E-state index in [1.165, 1.54) is 11.8 Å². The number of halogens is 1. The molecule has 6 heteroatoms. The van der Waals surface area contributed by atoms with Gasteiger partial charge in [0.2, 0.25) is 5.91 Å². The Hall–Kier alpha value is -1.79. The third-order valence-corrected chi connectivity index (χ3v) is 5.29. The van der Waals surface area contributed by atoms with Gasteiger partial charge in [0.15, 0.2) is 0 Å². The summed E-state index contributed by atoms with van der Waals surface area (Å²) in [4.78, 5) is 24.5. The molecule has 0 spiro atoms. The summed E-state index contributed by atoms with van der Waals surface area (Å²) in [5, 5.41) is 2.74. The van der Waals surface area contributed by atoms with Gasteiger partial charge in [0, 0.05) is 9.37 Å². The van der Waals surface area contributed by atoms with Crippen molar-refractivity contribution in [3.8, 4) is 0 Å². The lowest BCUT2D eigenvalue weighted by molar-refractivity contribution is -0.113. The molecule has 0 fully saturated rings. The van der Waals surface area contributed by atoms with Gasteiger partial charge in [-0.25, -0.2) is 0 Å². The number of primary amides is 1. The number of nitrogens with one attached hydrogen (secondary N) is 1. The first-order valence-corrected chi connectivity index (χ1v) is 8.74. The van der Waals surface area contributed by atoms with Crippen LogP contribution in [0.4, 0.5) is 5.69 Å². The Labute approximate surface area is 148 Å². The highest BCUT2D eigenvalue weighted by molar-refractivity contribution is 9.10. The van der Waals surface area contributed by atoms with Crippen LogP contribution in [0.3, 0.4) is 0 Å². The molecule has 0 heterocycles. The molecule has 0 aliphatic heterocycles. The average Bonchev–Trinajstić information content (AvgIpc) is 2.50. The van der Waals surface area contributed by atoms with Crippen LogP contribution in [0.1, 0.15) is 21.5 Å². The third kappa shape index (κ3) is 4.59. The number of nitrogens with two attached hydrogens (primary N) is 1. The minimum atomic E-state index is -0.562. The van der Waals surface area contributed by atoms with E-state index < -0.39 is 5.91 Å². The summed E-state index contributed by atoms with van der Waals surface area (Å²) in [5.41, 5.74) is 8.28. The van der Waals surface area contributed by atoms with Crippen LogP contribution in [0.2, 0.25) is 0 Å². The van der Waals surface area contributed by atoms with Crippen LogP contribution in [0.25, 0.3) is 0 Å².